The molecule has 0 aromatic carbocycles. The lowest BCUT2D eigenvalue weighted by molar-refractivity contribution is 0.437. The maximum absolute atomic E-state index is 3.60. The number of thioether (sulfide) groups is 1. The van der Waals surface area contributed by atoms with Crippen LogP contribution >= 0.6 is 11.8 Å². The zero-order valence-electron chi connectivity index (χ0n) is 5.55. The second-order valence-electron chi connectivity index (χ2n) is 1.84. The SMILES string of the molecule is C=CSCCN(C)C. The fraction of sp³-hybridized carbons (Fsp3) is 0.667. The summed E-state index contributed by atoms with van der Waals surface area (Å²) in [5.74, 6) is 1.15. The fourth-order valence-corrected chi connectivity index (χ4v) is 0.956. The molecule has 0 rings (SSSR count). The van der Waals surface area contributed by atoms with Gasteiger partial charge in [-0.05, 0) is 19.5 Å². The molecule has 0 spiro atoms. The summed E-state index contributed by atoms with van der Waals surface area (Å²) in [7, 11) is 4.15. The van der Waals surface area contributed by atoms with Gasteiger partial charge in [0.05, 0.1) is 0 Å². The average molecular weight is 131 g/mol. The van der Waals surface area contributed by atoms with Crippen molar-refractivity contribution < 1.29 is 0 Å². The molecule has 0 aliphatic heterocycles. The van der Waals surface area contributed by atoms with Crippen molar-refractivity contribution in [1.29, 1.82) is 0 Å². The molecule has 0 N–H and O–H groups in total. The highest BCUT2D eigenvalue weighted by molar-refractivity contribution is 8.02. The van der Waals surface area contributed by atoms with Gasteiger partial charge < -0.3 is 4.90 Å². The first kappa shape index (κ1) is 8.05. The van der Waals surface area contributed by atoms with Crippen molar-refractivity contribution in [2.24, 2.45) is 0 Å². The Morgan fingerprint density at radius 1 is 1.62 bits per heavy atom. The third-order valence-electron chi connectivity index (χ3n) is 0.774. The smallest absolute Gasteiger partial charge is 0.0102 e. The summed E-state index contributed by atoms with van der Waals surface area (Å²) in [6, 6.07) is 0. The molecule has 0 aliphatic rings. The van der Waals surface area contributed by atoms with E-state index in [4.69, 9.17) is 0 Å². The second-order valence-corrected chi connectivity index (χ2v) is 2.92. The Morgan fingerprint density at radius 3 is 2.62 bits per heavy atom. The van der Waals surface area contributed by atoms with E-state index in [9.17, 15) is 0 Å². The Bertz CT molecular complexity index is 61.5. The van der Waals surface area contributed by atoms with Crippen molar-refractivity contribution in [1.82, 2.24) is 4.90 Å². The van der Waals surface area contributed by atoms with Crippen LogP contribution < -0.4 is 0 Å². The van der Waals surface area contributed by atoms with Crippen LogP contribution in [0.1, 0.15) is 0 Å². The first-order valence-electron chi connectivity index (χ1n) is 2.64. The quantitative estimate of drug-likeness (QED) is 0.531. The van der Waals surface area contributed by atoms with Crippen molar-refractivity contribution in [2.75, 3.05) is 26.4 Å². The van der Waals surface area contributed by atoms with Gasteiger partial charge in [-0.1, -0.05) is 6.58 Å². The minimum absolute atomic E-state index is 1.14. The molecule has 2 heteroatoms. The number of hydrogen-bond donors (Lipinski definition) is 0. The van der Waals surface area contributed by atoms with E-state index in [-0.39, 0.29) is 0 Å². The van der Waals surface area contributed by atoms with Crippen molar-refractivity contribution in [3.05, 3.63) is 12.0 Å². The van der Waals surface area contributed by atoms with Crippen LogP contribution in [0.2, 0.25) is 0 Å². The summed E-state index contributed by atoms with van der Waals surface area (Å²) in [6.07, 6.45) is 0. The highest BCUT2D eigenvalue weighted by atomic mass is 32.2. The molecule has 1 nitrogen and oxygen atoms in total. The third-order valence-corrected chi connectivity index (χ3v) is 1.43. The van der Waals surface area contributed by atoms with E-state index < -0.39 is 0 Å². The summed E-state index contributed by atoms with van der Waals surface area (Å²) < 4.78 is 0. The van der Waals surface area contributed by atoms with Crippen LogP contribution in [0.15, 0.2) is 12.0 Å². The van der Waals surface area contributed by atoms with E-state index in [2.05, 4.69) is 25.6 Å². The van der Waals surface area contributed by atoms with Gasteiger partial charge in [-0.2, -0.15) is 0 Å². The molecule has 0 radical (unpaired) electrons. The minimum Gasteiger partial charge on any atom is -0.309 e. The molecule has 0 bridgehead atoms. The van der Waals surface area contributed by atoms with Gasteiger partial charge in [0, 0.05) is 12.3 Å². The highest BCUT2D eigenvalue weighted by Gasteiger charge is 1.85. The van der Waals surface area contributed by atoms with Crippen LogP contribution in [0, 0.1) is 0 Å². The summed E-state index contributed by atoms with van der Waals surface area (Å²) in [5.41, 5.74) is 0. The molecule has 0 atom stereocenters. The highest BCUT2D eigenvalue weighted by Crippen LogP contribution is 1.97. The minimum atomic E-state index is 1.14. The molecule has 0 saturated carbocycles. The van der Waals surface area contributed by atoms with Gasteiger partial charge in [0.1, 0.15) is 0 Å². The summed E-state index contributed by atoms with van der Waals surface area (Å²) >= 11 is 1.76. The van der Waals surface area contributed by atoms with Crippen LogP contribution in [0.5, 0.6) is 0 Å². The van der Waals surface area contributed by atoms with E-state index in [0.717, 1.165) is 12.3 Å². The van der Waals surface area contributed by atoms with Crippen LogP contribution in [0.4, 0.5) is 0 Å². The van der Waals surface area contributed by atoms with Crippen molar-refractivity contribution >= 4 is 11.8 Å². The molecule has 0 heterocycles. The Hall–Kier alpha value is 0.0500. The lowest BCUT2D eigenvalue weighted by Gasteiger charge is -2.05. The van der Waals surface area contributed by atoms with Crippen molar-refractivity contribution in [2.45, 2.75) is 0 Å². The van der Waals surface area contributed by atoms with E-state index >= 15 is 0 Å². The number of rotatable bonds is 4. The molecule has 0 aliphatic carbocycles. The molecule has 0 unspecified atom stereocenters. The molecule has 8 heavy (non-hydrogen) atoms. The summed E-state index contributed by atoms with van der Waals surface area (Å²) in [5, 5.41) is 1.88. The Kier molecular flexibility index (Phi) is 5.22. The molecule has 0 amide bonds. The first-order chi connectivity index (χ1) is 3.77. The number of nitrogens with zero attached hydrogens (tertiary/aromatic N) is 1. The predicted molar refractivity (Wildman–Crippen MR) is 41.2 cm³/mol. The fourth-order valence-electron chi connectivity index (χ4n) is 0.319. The van der Waals surface area contributed by atoms with Crippen LogP contribution in [-0.2, 0) is 0 Å². The zero-order chi connectivity index (χ0) is 6.41. The van der Waals surface area contributed by atoms with Crippen LogP contribution in [0.25, 0.3) is 0 Å². The monoisotopic (exact) mass is 131 g/mol. The topological polar surface area (TPSA) is 3.24 Å². The average Bonchev–Trinajstić information content (AvgIpc) is 1.66. The van der Waals surface area contributed by atoms with Gasteiger partial charge in [0.25, 0.3) is 0 Å². The van der Waals surface area contributed by atoms with Gasteiger partial charge in [-0.15, -0.1) is 11.8 Å². The maximum Gasteiger partial charge on any atom is 0.0102 e. The first-order valence-corrected chi connectivity index (χ1v) is 3.69. The maximum atomic E-state index is 3.60. The lowest BCUT2D eigenvalue weighted by Crippen LogP contribution is -2.14. The lowest BCUT2D eigenvalue weighted by atomic mass is 10.7. The Balaban J connectivity index is 2.81. The van der Waals surface area contributed by atoms with Gasteiger partial charge in [0.15, 0.2) is 0 Å². The third kappa shape index (κ3) is 6.05. The summed E-state index contributed by atoms with van der Waals surface area (Å²) in [4.78, 5) is 2.16. The predicted octanol–water partition coefficient (Wildman–Crippen LogP) is 1.42. The Labute approximate surface area is 55.8 Å². The van der Waals surface area contributed by atoms with Gasteiger partial charge in [-0.3, -0.25) is 0 Å². The number of hydrogen-bond acceptors (Lipinski definition) is 2. The molecular weight excluding hydrogens is 118 g/mol. The molecule has 0 aromatic rings. The largest absolute Gasteiger partial charge is 0.309 e. The standard InChI is InChI=1S/C6H13NS/c1-4-8-6-5-7(2)3/h4H,1,5-6H2,2-3H3. The Morgan fingerprint density at radius 2 is 2.25 bits per heavy atom. The van der Waals surface area contributed by atoms with Gasteiger partial charge in [-0.25, -0.2) is 0 Å². The van der Waals surface area contributed by atoms with Crippen LogP contribution in [-0.4, -0.2) is 31.3 Å². The molecular formula is C6H13NS. The van der Waals surface area contributed by atoms with E-state index in [1.807, 2.05) is 5.41 Å². The van der Waals surface area contributed by atoms with Crippen molar-refractivity contribution in [3.63, 3.8) is 0 Å². The molecule has 48 valence electrons. The van der Waals surface area contributed by atoms with Crippen molar-refractivity contribution in [3.8, 4) is 0 Å². The molecule has 0 saturated heterocycles. The summed E-state index contributed by atoms with van der Waals surface area (Å²) in [6.45, 7) is 4.74. The van der Waals surface area contributed by atoms with Gasteiger partial charge >= 0.3 is 0 Å². The molecule has 0 aromatic heterocycles. The van der Waals surface area contributed by atoms with E-state index in [1.54, 1.807) is 11.8 Å². The zero-order valence-corrected chi connectivity index (χ0v) is 6.37. The second kappa shape index (κ2) is 5.19. The van der Waals surface area contributed by atoms with E-state index in [0.29, 0.717) is 0 Å². The normalized spacial score (nSPS) is 9.88. The van der Waals surface area contributed by atoms with E-state index in [1.165, 1.54) is 0 Å². The molecule has 0 fully saturated rings. The van der Waals surface area contributed by atoms with Gasteiger partial charge in [0.2, 0.25) is 0 Å². The van der Waals surface area contributed by atoms with Crippen LogP contribution in [0.3, 0.4) is 0 Å².